The van der Waals surface area contributed by atoms with Gasteiger partial charge in [-0.2, -0.15) is 0 Å². The number of para-hydroxylation sites is 1. The van der Waals surface area contributed by atoms with Crippen molar-refractivity contribution in [3.8, 4) is 0 Å². The zero-order chi connectivity index (χ0) is 35.4. The van der Waals surface area contributed by atoms with E-state index in [9.17, 15) is 24.0 Å². The molecule has 4 unspecified atom stereocenters. The van der Waals surface area contributed by atoms with Gasteiger partial charge in [-0.1, -0.05) is 18.2 Å². The van der Waals surface area contributed by atoms with Crippen LogP contribution in [0.25, 0.3) is 10.9 Å². The highest BCUT2D eigenvalue weighted by Crippen LogP contribution is 2.25. The van der Waals surface area contributed by atoms with Crippen LogP contribution in [0.2, 0.25) is 0 Å². The molecule has 1 fully saturated rings. The number of hydrogen-bond acceptors (Lipinski definition) is 7. The highest BCUT2D eigenvalue weighted by atomic mass is 16.5. The molecule has 4 atom stereocenters. The van der Waals surface area contributed by atoms with E-state index in [1.165, 1.54) is 38.7 Å². The Bertz CT molecular complexity index is 1660. The summed E-state index contributed by atoms with van der Waals surface area (Å²) < 4.78 is 9.06. The number of ether oxygens (including phenoxy) is 1. The van der Waals surface area contributed by atoms with Gasteiger partial charge in [-0.15, -0.1) is 0 Å². The Morgan fingerprint density at radius 3 is 2.06 bits per heavy atom. The summed E-state index contributed by atoms with van der Waals surface area (Å²) >= 11 is 0. The minimum Gasteiger partial charge on any atom is -0.382 e. The molecule has 1 aliphatic rings. The van der Waals surface area contributed by atoms with Gasteiger partial charge >= 0.3 is 0 Å². The summed E-state index contributed by atoms with van der Waals surface area (Å²) in [5.41, 5.74) is 2.40. The Hall–Kier alpha value is -4.72. The third-order valence-electron chi connectivity index (χ3n) is 9.40. The van der Waals surface area contributed by atoms with E-state index in [4.69, 9.17) is 4.74 Å². The first kappa shape index (κ1) is 36.1. The van der Waals surface area contributed by atoms with E-state index in [1.54, 1.807) is 52.3 Å². The number of methoxy groups -OCH3 is 1. The van der Waals surface area contributed by atoms with E-state index in [0.29, 0.717) is 12.1 Å². The van der Waals surface area contributed by atoms with Gasteiger partial charge in [0.1, 0.15) is 24.2 Å². The Morgan fingerprint density at radius 2 is 1.50 bits per heavy atom. The molecular formula is C34H48N8O6. The maximum absolute atomic E-state index is 14.7. The van der Waals surface area contributed by atoms with Crippen LogP contribution in [0.1, 0.15) is 24.1 Å². The van der Waals surface area contributed by atoms with Crippen LogP contribution >= 0.6 is 0 Å². The lowest BCUT2D eigenvalue weighted by atomic mass is 10.00. The number of nitrogens with zero attached hydrogens (tertiary/aromatic N) is 8. The molecule has 4 rings (SSSR count). The Kier molecular flexibility index (Phi) is 11.3. The fourth-order valence-corrected chi connectivity index (χ4v) is 6.41. The third-order valence-corrected chi connectivity index (χ3v) is 9.40. The molecule has 0 bridgehead atoms. The number of imidazole rings is 1. The lowest BCUT2D eigenvalue weighted by Crippen LogP contribution is -2.60. The van der Waals surface area contributed by atoms with E-state index in [1.807, 2.05) is 49.1 Å². The normalized spacial score (nSPS) is 16.5. The van der Waals surface area contributed by atoms with Gasteiger partial charge in [-0.05, 0) is 18.1 Å². The third kappa shape index (κ3) is 7.38. The molecule has 5 amide bonds. The first-order chi connectivity index (χ1) is 22.7. The molecule has 3 heterocycles. The van der Waals surface area contributed by atoms with E-state index in [-0.39, 0.29) is 43.6 Å². The number of hydrogen-bond donors (Lipinski definition) is 0. The van der Waals surface area contributed by atoms with Crippen LogP contribution in [0.4, 0.5) is 0 Å². The average Bonchev–Trinajstić information content (AvgIpc) is 3.74. The SMILES string of the molecule is COCC(C(=O)N(C)C)N(C)C(=O)C(Cc1cn(C)c2ccccc12)N(C)C(=O)C(Cc1cn(C)cn1)N(C)C(=O)C1CCC(=O)N1C. The summed E-state index contributed by atoms with van der Waals surface area (Å²) in [6, 6.07) is 4.10. The van der Waals surface area contributed by atoms with E-state index in [2.05, 4.69) is 4.98 Å². The van der Waals surface area contributed by atoms with Crippen LogP contribution in [0.5, 0.6) is 0 Å². The second-order valence-electron chi connectivity index (χ2n) is 12.9. The summed E-state index contributed by atoms with van der Waals surface area (Å²) in [5, 5.41) is 0.936. The minimum atomic E-state index is -1.05. The predicted molar refractivity (Wildman–Crippen MR) is 180 cm³/mol. The van der Waals surface area contributed by atoms with Crippen LogP contribution in [-0.4, -0.2) is 148 Å². The summed E-state index contributed by atoms with van der Waals surface area (Å²) in [5.74, 6) is -1.75. The lowest BCUT2D eigenvalue weighted by Gasteiger charge is -2.38. The maximum Gasteiger partial charge on any atom is 0.247 e. The van der Waals surface area contributed by atoms with Crippen molar-refractivity contribution in [3.05, 3.63) is 54.2 Å². The number of benzene rings is 1. The number of carbonyl (C=O) groups excluding carboxylic acids is 5. The van der Waals surface area contributed by atoms with Crippen molar-refractivity contribution >= 4 is 40.4 Å². The molecule has 3 aromatic rings. The number of aromatic nitrogens is 3. The van der Waals surface area contributed by atoms with Crippen molar-refractivity contribution in [3.63, 3.8) is 0 Å². The van der Waals surface area contributed by atoms with E-state index < -0.39 is 36.0 Å². The Labute approximate surface area is 281 Å². The molecule has 1 aliphatic heterocycles. The molecule has 0 saturated carbocycles. The molecular weight excluding hydrogens is 616 g/mol. The largest absolute Gasteiger partial charge is 0.382 e. The molecule has 0 spiro atoms. The monoisotopic (exact) mass is 664 g/mol. The molecule has 14 nitrogen and oxygen atoms in total. The number of aryl methyl sites for hydroxylation is 2. The highest BCUT2D eigenvalue weighted by molar-refractivity contribution is 5.97. The zero-order valence-electron chi connectivity index (χ0n) is 29.4. The number of rotatable bonds is 13. The van der Waals surface area contributed by atoms with Gasteiger partial charge in [0.15, 0.2) is 0 Å². The fraction of sp³-hybridized carbons (Fsp3) is 0.529. The summed E-state index contributed by atoms with van der Waals surface area (Å²) in [6.07, 6.45) is 6.18. The molecule has 0 N–H and O–H groups in total. The van der Waals surface area contributed by atoms with Crippen LogP contribution in [-0.2, 0) is 55.6 Å². The first-order valence-corrected chi connectivity index (χ1v) is 15.9. The van der Waals surface area contributed by atoms with Crippen molar-refractivity contribution in [2.24, 2.45) is 14.1 Å². The lowest BCUT2D eigenvalue weighted by molar-refractivity contribution is -0.154. The second kappa shape index (κ2) is 15.0. The van der Waals surface area contributed by atoms with Crippen molar-refractivity contribution in [1.82, 2.24) is 38.6 Å². The molecule has 14 heteroatoms. The standard InChI is InChI=1S/C34H48N8O6/c1-36(2)31(44)29(20-48-9)42(8)33(46)27(16-22-18-38(4)25-13-11-10-12-24(22)25)40(6)34(47)28(17-23-19-37(3)21-35-23)41(7)32(45)26-14-15-30(43)39(26)5/h10-13,18-19,21,26-29H,14-17,20H2,1-9H3. The van der Waals surface area contributed by atoms with Crippen LogP contribution in [0, 0.1) is 0 Å². The number of carbonyl (C=O) groups is 5. The fourth-order valence-electron chi connectivity index (χ4n) is 6.41. The van der Waals surface area contributed by atoms with Crippen LogP contribution < -0.4 is 0 Å². The number of likely N-dealkylation sites (N-methyl/N-ethyl adjacent to an activating group) is 5. The number of fused-ring (bicyclic) bond motifs is 1. The minimum absolute atomic E-state index is 0.0366. The summed E-state index contributed by atoms with van der Waals surface area (Å²) in [4.78, 5) is 79.8. The van der Waals surface area contributed by atoms with E-state index in [0.717, 1.165) is 16.5 Å². The van der Waals surface area contributed by atoms with Crippen LogP contribution in [0.15, 0.2) is 43.0 Å². The number of amides is 5. The Morgan fingerprint density at radius 1 is 0.875 bits per heavy atom. The van der Waals surface area contributed by atoms with E-state index >= 15 is 0 Å². The Balaban J connectivity index is 1.75. The zero-order valence-corrected chi connectivity index (χ0v) is 29.4. The summed E-state index contributed by atoms with van der Waals surface area (Å²) in [7, 11) is 14.6. The quantitative estimate of drug-likeness (QED) is 0.261. The van der Waals surface area contributed by atoms with Gasteiger partial charge < -0.3 is 38.4 Å². The van der Waals surface area contributed by atoms with Crippen molar-refractivity contribution in [1.29, 1.82) is 0 Å². The first-order valence-electron chi connectivity index (χ1n) is 15.9. The molecule has 0 aliphatic carbocycles. The predicted octanol–water partition coefficient (Wildman–Crippen LogP) is 0.533. The molecule has 1 saturated heterocycles. The van der Waals surface area contributed by atoms with Gasteiger partial charge in [-0.3, -0.25) is 24.0 Å². The second-order valence-corrected chi connectivity index (χ2v) is 12.9. The van der Waals surface area contributed by atoms with Crippen molar-refractivity contribution in [2.45, 2.75) is 49.9 Å². The van der Waals surface area contributed by atoms with Gasteiger partial charge in [0.25, 0.3) is 0 Å². The topological polar surface area (TPSA) is 134 Å². The van der Waals surface area contributed by atoms with Crippen molar-refractivity contribution < 1.29 is 28.7 Å². The van der Waals surface area contributed by atoms with Crippen LogP contribution in [0.3, 0.4) is 0 Å². The highest BCUT2D eigenvalue weighted by Gasteiger charge is 2.42. The van der Waals surface area contributed by atoms with Gasteiger partial charge in [0, 0.05) is 106 Å². The molecule has 1 aromatic carbocycles. The smallest absolute Gasteiger partial charge is 0.247 e. The average molecular weight is 665 g/mol. The molecule has 260 valence electrons. The van der Waals surface area contributed by atoms with Gasteiger partial charge in [-0.25, -0.2) is 4.98 Å². The molecule has 2 aromatic heterocycles. The van der Waals surface area contributed by atoms with Gasteiger partial charge in [0.05, 0.1) is 18.6 Å². The van der Waals surface area contributed by atoms with Gasteiger partial charge in [0.2, 0.25) is 29.5 Å². The van der Waals surface area contributed by atoms with Crippen molar-refractivity contribution in [2.75, 3.05) is 56.0 Å². The number of likely N-dealkylation sites (tertiary alicyclic amines) is 1. The molecule has 48 heavy (non-hydrogen) atoms. The molecule has 0 radical (unpaired) electrons. The maximum atomic E-state index is 14.7. The summed E-state index contributed by atoms with van der Waals surface area (Å²) in [6.45, 7) is -0.0366.